The number of benzene rings is 1. The second-order valence-electron chi connectivity index (χ2n) is 4.58. The molecule has 3 N–H and O–H groups in total. The van der Waals surface area contributed by atoms with Crippen molar-refractivity contribution in [2.24, 2.45) is 5.92 Å². The maximum Gasteiger partial charge on any atom is 0.123 e. The van der Waals surface area contributed by atoms with Gasteiger partial charge in [0.1, 0.15) is 11.5 Å². The number of nitrogens with one attached hydrogen (secondary N) is 1. The number of aromatic hydroxyl groups is 2. The Labute approximate surface area is 96.1 Å². The third-order valence-electron chi connectivity index (χ3n) is 3.05. The molecule has 0 aliphatic heterocycles. The van der Waals surface area contributed by atoms with Gasteiger partial charge in [-0.1, -0.05) is 18.9 Å². The topological polar surface area (TPSA) is 52.5 Å². The van der Waals surface area contributed by atoms with Crippen molar-refractivity contribution in [3.63, 3.8) is 0 Å². The van der Waals surface area contributed by atoms with Crippen molar-refractivity contribution in [1.29, 1.82) is 0 Å². The van der Waals surface area contributed by atoms with Gasteiger partial charge in [-0.05, 0) is 31.4 Å². The van der Waals surface area contributed by atoms with Crippen molar-refractivity contribution >= 4 is 0 Å². The van der Waals surface area contributed by atoms with E-state index in [2.05, 4.69) is 5.32 Å². The fourth-order valence-electron chi connectivity index (χ4n) is 1.85. The lowest BCUT2D eigenvalue weighted by molar-refractivity contribution is 0.443. The Hall–Kier alpha value is -1.22. The average Bonchev–Trinajstić information content (AvgIpc) is 3.04. The molecule has 1 aliphatic rings. The molecular formula is C13H19NO2. The lowest BCUT2D eigenvalue weighted by Gasteiger charge is -2.06. The largest absolute Gasteiger partial charge is 0.508 e. The number of phenolic OH excluding ortho intramolecular Hbond substituents is 2. The van der Waals surface area contributed by atoms with Gasteiger partial charge in [0.25, 0.3) is 0 Å². The van der Waals surface area contributed by atoms with Crippen LogP contribution in [0.2, 0.25) is 0 Å². The van der Waals surface area contributed by atoms with Crippen LogP contribution in [0.3, 0.4) is 0 Å². The summed E-state index contributed by atoms with van der Waals surface area (Å²) in [7, 11) is 0. The van der Waals surface area contributed by atoms with E-state index in [9.17, 15) is 5.11 Å². The van der Waals surface area contributed by atoms with Gasteiger partial charge in [-0.2, -0.15) is 0 Å². The van der Waals surface area contributed by atoms with Crippen LogP contribution in [-0.4, -0.2) is 16.8 Å². The van der Waals surface area contributed by atoms with Crippen molar-refractivity contribution in [2.75, 3.05) is 6.54 Å². The Balaban J connectivity index is 1.67. The molecule has 3 heteroatoms. The molecule has 0 amide bonds. The van der Waals surface area contributed by atoms with Crippen LogP contribution in [0.4, 0.5) is 0 Å². The van der Waals surface area contributed by atoms with E-state index >= 15 is 0 Å². The van der Waals surface area contributed by atoms with E-state index < -0.39 is 0 Å². The summed E-state index contributed by atoms with van der Waals surface area (Å²) in [6.45, 7) is 1.66. The van der Waals surface area contributed by atoms with Crippen molar-refractivity contribution in [3.05, 3.63) is 23.8 Å². The Bertz CT molecular complexity index is 348. The predicted octanol–water partition coefficient (Wildman–Crippen LogP) is 2.38. The van der Waals surface area contributed by atoms with Crippen molar-refractivity contribution in [3.8, 4) is 11.5 Å². The van der Waals surface area contributed by atoms with E-state index in [1.54, 1.807) is 12.1 Å². The zero-order valence-electron chi connectivity index (χ0n) is 9.45. The molecule has 0 radical (unpaired) electrons. The minimum atomic E-state index is 0.106. The molecule has 0 atom stereocenters. The molecule has 1 aliphatic carbocycles. The standard InChI is InChI=1S/C13H19NO2/c15-12-6-5-11(13(16)8-12)9-14-7-1-2-10-3-4-10/h5-6,8,10,14-16H,1-4,7,9H2. The van der Waals surface area contributed by atoms with Gasteiger partial charge in [-0.25, -0.2) is 0 Å². The third kappa shape index (κ3) is 3.42. The number of rotatable bonds is 6. The highest BCUT2D eigenvalue weighted by atomic mass is 16.3. The van der Waals surface area contributed by atoms with Crippen LogP contribution in [0.15, 0.2) is 18.2 Å². The van der Waals surface area contributed by atoms with Gasteiger partial charge < -0.3 is 15.5 Å². The highest BCUT2D eigenvalue weighted by Crippen LogP contribution is 2.33. The smallest absolute Gasteiger partial charge is 0.123 e. The van der Waals surface area contributed by atoms with Crippen molar-refractivity contribution in [2.45, 2.75) is 32.2 Å². The fourth-order valence-corrected chi connectivity index (χ4v) is 1.85. The first-order chi connectivity index (χ1) is 7.75. The van der Waals surface area contributed by atoms with Crippen LogP contribution in [0, 0.1) is 5.92 Å². The number of hydrogen-bond acceptors (Lipinski definition) is 3. The van der Waals surface area contributed by atoms with Crippen LogP contribution in [0.5, 0.6) is 11.5 Å². The Morgan fingerprint density at radius 2 is 2.06 bits per heavy atom. The molecule has 0 aromatic heterocycles. The van der Waals surface area contributed by atoms with E-state index in [4.69, 9.17) is 5.11 Å². The van der Waals surface area contributed by atoms with E-state index in [0.717, 1.165) is 18.0 Å². The number of hydrogen-bond donors (Lipinski definition) is 3. The molecule has 0 heterocycles. The Morgan fingerprint density at radius 3 is 2.75 bits per heavy atom. The highest BCUT2D eigenvalue weighted by Gasteiger charge is 2.19. The van der Waals surface area contributed by atoms with Gasteiger partial charge in [0.05, 0.1) is 0 Å². The summed E-state index contributed by atoms with van der Waals surface area (Å²) in [6.07, 6.45) is 5.37. The Morgan fingerprint density at radius 1 is 1.25 bits per heavy atom. The zero-order valence-corrected chi connectivity index (χ0v) is 9.45. The molecule has 1 saturated carbocycles. The van der Waals surface area contributed by atoms with E-state index in [0.29, 0.717) is 6.54 Å². The van der Waals surface area contributed by atoms with Gasteiger partial charge in [0.2, 0.25) is 0 Å². The highest BCUT2D eigenvalue weighted by molar-refractivity contribution is 5.38. The minimum Gasteiger partial charge on any atom is -0.508 e. The van der Waals surface area contributed by atoms with Crippen molar-refractivity contribution < 1.29 is 10.2 Å². The normalized spacial score (nSPS) is 15.2. The van der Waals surface area contributed by atoms with Gasteiger partial charge in [0, 0.05) is 18.2 Å². The maximum atomic E-state index is 9.55. The molecule has 0 spiro atoms. The van der Waals surface area contributed by atoms with Gasteiger partial charge in [-0.3, -0.25) is 0 Å². The molecular weight excluding hydrogens is 202 g/mol. The fraction of sp³-hybridized carbons (Fsp3) is 0.538. The summed E-state index contributed by atoms with van der Waals surface area (Å²) in [4.78, 5) is 0. The van der Waals surface area contributed by atoms with Crippen LogP contribution >= 0.6 is 0 Å². The van der Waals surface area contributed by atoms with Gasteiger partial charge >= 0.3 is 0 Å². The lowest BCUT2D eigenvalue weighted by atomic mass is 10.2. The first-order valence-electron chi connectivity index (χ1n) is 5.97. The van der Waals surface area contributed by atoms with Gasteiger partial charge in [0.15, 0.2) is 0 Å². The van der Waals surface area contributed by atoms with Gasteiger partial charge in [-0.15, -0.1) is 0 Å². The van der Waals surface area contributed by atoms with Crippen LogP contribution in [-0.2, 0) is 6.54 Å². The molecule has 16 heavy (non-hydrogen) atoms. The SMILES string of the molecule is Oc1ccc(CNCCCC2CC2)c(O)c1. The number of phenols is 2. The second-order valence-corrected chi connectivity index (χ2v) is 4.58. The molecule has 3 nitrogen and oxygen atoms in total. The monoisotopic (exact) mass is 221 g/mol. The van der Waals surface area contributed by atoms with E-state index in [1.165, 1.54) is 31.7 Å². The molecule has 0 bridgehead atoms. The summed E-state index contributed by atoms with van der Waals surface area (Å²) < 4.78 is 0. The minimum absolute atomic E-state index is 0.106. The summed E-state index contributed by atoms with van der Waals surface area (Å²) in [5.74, 6) is 1.26. The molecule has 88 valence electrons. The Kier molecular flexibility index (Phi) is 3.67. The summed E-state index contributed by atoms with van der Waals surface area (Å²) in [6, 6.07) is 4.72. The summed E-state index contributed by atoms with van der Waals surface area (Å²) in [5, 5.41) is 22.0. The first kappa shape index (κ1) is 11.3. The summed E-state index contributed by atoms with van der Waals surface area (Å²) >= 11 is 0. The molecule has 0 unspecified atom stereocenters. The maximum absolute atomic E-state index is 9.55. The summed E-state index contributed by atoms with van der Waals surface area (Å²) in [5.41, 5.74) is 0.837. The van der Waals surface area contributed by atoms with Crippen LogP contribution in [0.1, 0.15) is 31.2 Å². The molecule has 1 aromatic rings. The first-order valence-corrected chi connectivity index (χ1v) is 5.97. The van der Waals surface area contributed by atoms with Crippen LogP contribution in [0.25, 0.3) is 0 Å². The lowest BCUT2D eigenvalue weighted by Crippen LogP contribution is -2.14. The average molecular weight is 221 g/mol. The zero-order chi connectivity index (χ0) is 11.4. The molecule has 0 saturated heterocycles. The van der Waals surface area contributed by atoms with Crippen molar-refractivity contribution in [1.82, 2.24) is 5.32 Å². The second kappa shape index (κ2) is 5.21. The third-order valence-corrected chi connectivity index (χ3v) is 3.05. The van der Waals surface area contributed by atoms with E-state index in [-0.39, 0.29) is 11.5 Å². The quantitative estimate of drug-likeness (QED) is 0.646. The molecule has 1 fully saturated rings. The molecule has 2 rings (SSSR count). The molecule has 1 aromatic carbocycles. The van der Waals surface area contributed by atoms with E-state index in [1.807, 2.05) is 0 Å². The predicted molar refractivity (Wildman–Crippen MR) is 63.4 cm³/mol. The van der Waals surface area contributed by atoms with Crippen LogP contribution < -0.4 is 5.32 Å².